The largest absolute Gasteiger partial charge is 0.378 e. The van der Waals surface area contributed by atoms with Gasteiger partial charge in [0, 0.05) is 20.2 Å². The van der Waals surface area contributed by atoms with Gasteiger partial charge in [-0.15, -0.1) is 11.3 Å². The lowest BCUT2D eigenvalue weighted by Gasteiger charge is -2.30. The van der Waals surface area contributed by atoms with Crippen LogP contribution in [0.25, 0.3) is 0 Å². The van der Waals surface area contributed by atoms with E-state index in [0.717, 1.165) is 32.3 Å². The van der Waals surface area contributed by atoms with E-state index in [4.69, 9.17) is 4.74 Å². The van der Waals surface area contributed by atoms with Gasteiger partial charge in [-0.05, 0) is 51.0 Å². The number of ether oxygens (including phenoxy) is 1. The highest BCUT2D eigenvalue weighted by Crippen LogP contribution is 2.18. The van der Waals surface area contributed by atoms with Crippen molar-refractivity contribution in [2.45, 2.75) is 51.2 Å². The van der Waals surface area contributed by atoms with Gasteiger partial charge >= 0.3 is 0 Å². The van der Waals surface area contributed by atoms with Crippen LogP contribution in [0.2, 0.25) is 0 Å². The predicted octanol–water partition coefficient (Wildman–Crippen LogP) is 2.67. The van der Waals surface area contributed by atoms with E-state index in [1.807, 2.05) is 11.4 Å². The number of nitrogens with one attached hydrogen (secondary N) is 1. The van der Waals surface area contributed by atoms with Gasteiger partial charge in [0.25, 0.3) is 5.91 Å². The standard InChI is InChI=1S/C17H26N2O3S/c1-17(2,18-15(20)14-9-6-12-23-14)16(21)19(3)10-4-7-13-8-5-11-22-13/h6,9,12-13H,4-5,7-8,10-11H2,1-3H3,(H,18,20)/t13-/m0/s1. The molecule has 5 nitrogen and oxygen atoms in total. The summed E-state index contributed by atoms with van der Waals surface area (Å²) in [7, 11) is 1.79. The molecule has 0 bridgehead atoms. The second-order valence-electron chi connectivity index (χ2n) is 6.56. The molecular weight excluding hydrogens is 312 g/mol. The highest BCUT2D eigenvalue weighted by atomic mass is 32.1. The van der Waals surface area contributed by atoms with Crippen LogP contribution in [0.1, 0.15) is 49.2 Å². The van der Waals surface area contributed by atoms with E-state index in [-0.39, 0.29) is 11.8 Å². The molecule has 1 aliphatic rings. The summed E-state index contributed by atoms with van der Waals surface area (Å²) in [5, 5.41) is 4.67. The minimum Gasteiger partial charge on any atom is -0.378 e. The van der Waals surface area contributed by atoms with Crippen LogP contribution in [0.4, 0.5) is 0 Å². The molecule has 2 heterocycles. The number of amides is 2. The number of rotatable bonds is 7. The normalized spacial score (nSPS) is 18.0. The predicted molar refractivity (Wildman–Crippen MR) is 91.7 cm³/mol. The van der Waals surface area contributed by atoms with Crippen LogP contribution in [0.15, 0.2) is 17.5 Å². The minimum atomic E-state index is -0.917. The molecule has 0 saturated carbocycles. The summed E-state index contributed by atoms with van der Waals surface area (Å²) in [4.78, 5) is 27.0. The van der Waals surface area contributed by atoms with Gasteiger partial charge in [0.15, 0.2) is 0 Å². The average Bonchev–Trinajstić information content (AvgIpc) is 3.19. The fourth-order valence-corrected chi connectivity index (χ4v) is 3.43. The Labute approximate surface area is 142 Å². The van der Waals surface area contributed by atoms with Crippen molar-refractivity contribution in [3.63, 3.8) is 0 Å². The first kappa shape index (κ1) is 17.9. The number of thiophene rings is 1. The van der Waals surface area contributed by atoms with Crippen LogP contribution in [-0.2, 0) is 9.53 Å². The van der Waals surface area contributed by atoms with E-state index >= 15 is 0 Å². The second-order valence-corrected chi connectivity index (χ2v) is 7.51. The highest BCUT2D eigenvalue weighted by molar-refractivity contribution is 7.12. The van der Waals surface area contributed by atoms with Gasteiger partial charge in [0.2, 0.25) is 5.91 Å². The molecular formula is C17H26N2O3S. The molecule has 1 saturated heterocycles. The summed E-state index contributed by atoms with van der Waals surface area (Å²) in [6.45, 7) is 5.03. The Hall–Kier alpha value is -1.40. The molecule has 1 aromatic heterocycles. The molecule has 2 rings (SSSR count). The molecule has 1 aromatic rings. The maximum Gasteiger partial charge on any atom is 0.262 e. The Morgan fingerprint density at radius 2 is 2.26 bits per heavy atom. The maximum absolute atomic E-state index is 12.6. The lowest BCUT2D eigenvalue weighted by atomic mass is 10.0. The van der Waals surface area contributed by atoms with Gasteiger partial charge in [-0.3, -0.25) is 9.59 Å². The summed E-state index contributed by atoms with van der Waals surface area (Å²) in [5.74, 6) is -0.277. The molecule has 0 unspecified atom stereocenters. The number of likely N-dealkylation sites (N-methyl/N-ethyl adjacent to an activating group) is 1. The number of hydrogen-bond donors (Lipinski definition) is 1. The molecule has 2 amide bonds. The molecule has 128 valence electrons. The lowest BCUT2D eigenvalue weighted by Crippen LogP contribution is -2.55. The number of carbonyl (C=O) groups excluding carboxylic acids is 2. The van der Waals surface area contributed by atoms with Crippen LogP contribution in [0.3, 0.4) is 0 Å². The summed E-state index contributed by atoms with van der Waals surface area (Å²) >= 11 is 1.37. The lowest BCUT2D eigenvalue weighted by molar-refractivity contribution is -0.135. The van der Waals surface area contributed by atoms with Crippen molar-refractivity contribution < 1.29 is 14.3 Å². The SMILES string of the molecule is CN(CCC[C@H]1CCCO1)C(=O)C(C)(C)NC(=O)c1cccs1. The monoisotopic (exact) mass is 338 g/mol. The molecule has 0 aromatic carbocycles. The van der Waals surface area contributed by atoms with E-state index < -0.39 is 5.54 Å². The van der Waals surface area contributed by atoms with Crippen molar-refractivity contribution in [2.24, 2.45) is 0 Å². The first-order valence-electron chi connectivity index (χ1n) is 8.13. The van der Waals surface area contributed by atoms with Crippen molar-refractivity contribution in [2.75, 3.05) is 20.2 Å². The fourth-order valence-electron chi connectivity index (χ4n) is 2.81. The van der Waals surface area contributed by atoms with Gasteiger partial charge in [0.1, 0.15) is 5.54 Å². The minimum absolute atomic E-state index is 0.0743. The van der Waals surface area contributed by atoms with Crippen LogP contribution < -0.4 is 5.32 Å². The zero-order valence-electron chi connectivity index (χ0n) is 14.1. The van der Waals surface area contributed by atoms with Crippen LogP contribution in [-0.4, -0.2) is 48.6 Å². The Morgan fingerprint density at radius 1 is 1.48 bits per heavy atom. The summed E-state index contributed by atoms with van der Waals surface area (Å²) < 4.78 is 5.60. The molecule has 1 fully saturated rings. The van der Waals surface area contributed by atoms with Gasteiger partial charge in [-0.1, -0.05) is 6.07 Å². The van der Waals surface area contributed by atoms with Crippen LogP contribution >= 0.6 is 11.3 Å². The first-order valence-corrected chi connectivity index (χ1v) is 9.01. The smallest absolute Gasteiger partial charge is 0.262 e. The average molecular weight is 338 g/mol. The molecule has 6 heteroatoms. The number of nitrogens with zero attached hydrogens (tertiary/aromatic N) is 1. The van der Waals surface area contributed by atoms with Crippen molar-refractivity contribution in [1.82, 2.24) is 10.2 Å². The zero-order chi connectivity index (χ0) is 16.9. The second kappa shape index (κ2) is 7.93. The molecule has 23 heavy (non-hydrogen) atoms. The van der Waals surface area contributed by atoms with E-state index in [2.05, 4.69) is 5.32 Å². The topological polar surface area (TPSA) is 58.6 Å². The summed E-state index contributed by atoms with van der Waals surface area (Å²) in [6, 6.07) is 3.58. The van der Waals surface area contributed by atoms with Gasteiger partial charge in [-0.2, -0.15) is 0 Å². The zero-order valence-corrected chi connectivity index (χ0v) is 14.9. The molecule has 1 atom stereocenters. The molecule has 1 aliphatic heterocycles. The van der Waals surface area contributed by atoms with Crippen molar-refractivity contribution >= 4 is 23.2 Å². The van der Waals surface area contributed by atoms with Crippen molar-refractivity contribution in [1.29, 1.82) is 0 Å². The molecule has 1 N–H and O–H groups in total. The maximum atomic E-state index is 12.6. The summed E-state index contributed by atoms with van der Waals surface area (Å²) in [6.07, 6.45) is 4.52. The third-order valence-electron chi connectivity index (χ3n) is 4.10. The fraction of sp³-hybridized carbons (Fsp3) is 0.647. The number of carbonyl (C=O) groups is 2. The molecule has 0 radical (unpaired) electrons. The van der Waals surface area contributed by atoms with E-state index in [1.165, 1.54) is 11.3 Å². The Kier molecular flexibility index (Phi) is 6.18. The van der Waals surface area contributed by atoms with Crippen molar-refractivity contribution in [3.05, 3.63) is 22.4 Å². The third kappa shape index (κ3) is 5.04. The van der Waals surface area contributed by atoms with Gasteiger partial charge < -0.3 is 15.0 Å². The van der Waals surface area contributed by atoms with Gasteiger partial charge in [0.05, 0.1) is 11.0 Å². The Balaban J connectivity index is 1.80. The Morgan fingerprint density at radius 3 is 2.87 bits per heavy atom. The summed E-state index contributed by atoms with van der Waals surface area (Å²) in [5.41, 5.74) is -0.917. The van der Waals surface area contributed by atoms with E-state index in [9.17, 15) is 9.59 Å². The highest BCUT2D eigenvalue weighted by Gasteiger charge is 2.32. The Bertz CT molecular complexity index is 522. The van der Waals surface area contributed by atoms with E-state index in [1.54, 1.807) is 31.9 Å². The van der Waals surface area contributed by atoms with Crippen LogP contribution in [0.5, 0.6) is 0 Å². The molecule has 0 aliphatic carbocycles. The molecule has 0 spiro atoms. The third-order valence-corrected chi connectivity index (χ3v) is 4.96. The first-order chi connectivity index (χ1) is 10.9. The quantitative estimate of drug-likeness (QED) is 0.831. The van der Waals surface area contributed by atoms with Crippen LogP contribution in [0, 0.1) is 0 Å². The number of hydrogen-bond acceptors (Lipinski definition) is 4. The van der Waals surface area contributed by atoms with Crippen molar-refractivity contribution in [3.8, 4) is 0 Å². The van der Waals surface area contributed by atoms with E-state index in [0.29, 0.717) is 17.5 Å². The van der Waals surface area contributed by atoms with Gasteiger partial charge in [-0.25, -0.2) is 0 Å².